The van der Waals surface area contributed by atoms with Crippen molar-refractivity contribution in [1.29, 1.82) is 0 Å². The standard InChI is InChI=1S/C20H27ClN2O3.ClH/c1-25-17-8-13(7-16(21)20(17)26-10-18(22)24)9-23-19-14-3-11-2-12(5-14)6-15(19)4-11;/h7-8,11-12,14-15,19,23H,2-6,9-10H2,1H3,(H2,22,24);1H/p-1. The van der Waals surface area contributed by atoms with Crippen LogP contribution >= 0.6 is 11.6 Å². The quantitative estimate of drug-likeness (QED) is 0.666. The first-order valence-corrected chi connectivity index (χ1v) is 9.92. The lowest BCUT2D eigenvalue weighted by Gasteiger charge is -2.54. The molecule has 0 aliphatic heterocycles. The van der Waals surface area contributed by atoms with Gasteiger partial charge in [0.1, 0.15) is 0 Å². The highest BCUT2D eigenvalue weighted by Crippen LogP contribution is 2.53. The van der Waals surface area contributed by atoms with Crippen molar-refractivity contribution in [2.24, 2.45) is 29.4 Å². The molecule has 0 radical (unpaired) electrons. The van der Waals surface area contributed by atoms with Crippen LogP contribution in [0, 0.1) is 23.7 Å². The number of hydrogen-bond donors (Lipinski definition) is 2. The Morgan fingerprint density at radius 1 is 1.19 bits per heavy atom. The average Bonchev–Trinajstić information content (AvgIpc) is 2.59. The van der Waals surface area contributed by atoms with E-state index in [9.17, 15) is 4.79 Å². The summed E-state index contributed by atoms with van der Waals surface area (Å²) in [6.07, 6.45) is 7.06. The second-order valence-electron chi connectivity index (χ2n) is 8.20. The minimum absolute atomic E-state index is 0. The number of carbonyl (C=O) groups is 1. The van der Waals surface area contributed by atoms with Gasteiger partial charge >= 0.3 is 0 Å². The Labute approximate surface area is 171 Å². The molecule has 0 heterocycles. The van der Waals surface area contributed by atoms with E-state index in [-0.39, 0.29) is 19.0 Å². The van der Waals surface area contributed by atoms with Crippen LogP contribution in [0.1, 0.15) is 37.7 Å². The monoisotopic (exact) mass is 413 g/mol. The van der Waals surface area contributed by atoms with E-state index >= 15 is 0 Å². The van der Waals surface area contributed by atoms with E-state index in [2.05, 4.69) is 5.32 Å². The Morgan fingerprint density at radius 2 is 1.81 bits per heavy atom. The van der Waals surface area contributed by atoms with E-state index in [1.165, 1.54) is 32.1 Å². The summed E-state index contributed by atoms with van der Waals surface area (Å²) in [5.74, 6) is 3.98. The third-order valence-electron chi connectivity index (χ3n) is 6.42. The highest BCUT2D eigenvalue weighted by molar-refractivity contribution is 6.32. The lowest BCUT2D eigenvalue weighted by atomic mass is 9.54. The number of methoxy groups -OCH3 is 1. The van der Waals surface area contributed by atoms with E-state index in [4.69, 9.17) is 26.8 Å². The van der Waals surface area contributed by atoms with Crippen molar-refractivity contribution >= 4 is 17.5 Å². The third-order valence-corrected chi connectivity index (χ3v) is 6.70. The summed E-state index contributed by atoms with van der Waals surface area (Å²) in [7, 11) is 1.57. The molecule has 7 heteroatoms. The SMILES string of the molecule is COc1cc(CNC2C3CC4CC(C3)CC2C4)cc(Cl)c1OCC(N)=O.[Cl-]. The minimum Gasteiger partial charge on any atom is -1.00 e. The summed E-state index contributed by atoms with van der Waals surface area (Å²) in [5, 5.41) is 4.24. The van der Waals surface area contributed by atoms with Crippen LogP contribution < -0.4 is 32.9 Å². The Balaban J connectivity index is 0.00000210. The zero-order valence-electron chi connectivity index (χ0n) is 15.5. The van der Waals surface area contributed by atoms with Crippen molar-refractivity contribution in [3.63, 3.8) is 0 Å². The summed E-state index contributed by atoms with van der Waals surface area (Å²) >= 11 is 6.35. The molecule has 5 rings (SSSR count). The first-order valence-electron chi connectivity index (χ1n) is 9.54. The molecule has 0 atom stereocenters. The molecule has 0 spiro atoms. The fourth-order valence-corrected chi connectivity index (χ4v) is 5.94. The second-order valence-corrected chi connectivity index (χ2v) is 8.61. The number of nitrogens with two attached hydrogens (primary N) is 1. The molecule has 4 aliphatic carbocycles. The van der Waals surface area contributed by atoms with Gasteiger partial charge in [0, 0.05) is 12.6 Å². The molecule has 0 unspecified atom stereocenters. The van der Waals surface area contributed by atoms with Gasteiger partial charge in [-0.25, -0.2) is 0 Å². The number of ether oxygens (including phenoxy) is 2. The van der Waals surface area contributed by atoms with Crippen LogP contribution in [-0.2, 0) is 11.3 Å². The van der Waals surface area contributed by atoms with Gasteiger partial charge in [0.2, 0.25) is 0 Å². The molecule has 4 bridgehead atoms. The number of halogens is 2. The number of nitrogens with one attached hydrogen (secondary N) is 1. The van der Waals surface area contributed by atoms with E-state index < -0.39 is 5.91 Å². The molecule has 27 heavy (non-hydrogen) atoms. The molecule has 4 aliphatic rings. The molecule has 0 aromatic heterocycles. The molecule has 4 fully saturated rings. The number of carbonyl (C=O) groups excluding carboxylic acids is 1. The van der Waals surface area contributed by atoms with Crippen LogP contribution in [0.2, 0.25) is 5.02 Å². The van der Waals surface area contributed by atoms with Crippen molar-refractivity contribution in [1.82, 2.24) is 5.32 Å². The van der Waals surface area contributed by atoms with Gasteiger partial charge in [-0.1, -0.05) is 11.6 Å². The van der Waals surface area contributed by atoms with Crippen LogP contribution in [0.5, 0.6) is 11.5 Å². The van der Waals surface area contributed by atoms with Crippen LogP contribution in [-0.4, -0.2) is 25.7 Å². The highest BCUT2D eigenvalue weighted by Gasteiger charge is 2.47. The number of rotatable bonds is 7. The maximum Gasteiger partial charge on any atom is 0.255 e. The van der Waals surface area contributed by atoms with Gasteiger partial charge in [-0.3, -0.25) is 4.79 Å². The van der Waals surface area contributed by atoms with Crippen LogP contribution in [0.3, 0.4) is 0 Å². The van der Waals surface area contributed by atoms with Crippen LogP contribution in [0.25, 0.3) is 0 Å². The molecule has 1 amide bonds. The summed E-state index contributed by atoms with van der Waals surface area (Å²) in [5.41, 5.74) is 6.20. The Bertz CT molecular complexity index is 670. The number of benzene rings is 1. The van der Waals surface area contributed by atoms with Crippen molar-refractivity contribution < 1.29 is 26.7 Å². The fourth-order valence-electron chi connectivity index (χ4n) is 5.65. The Kier molecular flexibility index (Phi) is 6.44. The molecule has 5 nitrogen and oxygen atoms in total. The largest absolute Gasteiger partial charge is 1.00 e. The maximum absolute atomic E-state index is 11.0. The zero-order chi connectivity index (χ0) is 18.3. The van der Waals surface area contributed by atoms with Crippen molar-refractivity contribution in [3.05, 3.63) is 22.7 Å². The van der Waals surface area contributed by atoms with E-state index in [1.54, 1.807) is 7.11 Å². The van der Waals surface area contributed by atoms with E-state index in [1.807, 2.05) is 12.1 Å². The van der Waals surface area contributed by atoms with Crippen LogP contribution in [0.15, 0.2) is 12.1 Å². The summed E-state index contributed by atoms with van der Waals surface area (Å²) in [6.45, 7) is 0.542. The van der Waals surface area contributed by atoms with Gasteiger partial charge in [-0.15, -0.1) is 0 Å². The van der Waals surface area contributed by atoms with E-state index in [0.29, 0.717) is 22.6 Å². The first kappa shape index (κ1) is 20.6. The van der Waals surface area contributed by atoms with Gasteiger partial charge in [0.25, 0.3) is 5.91 Å². The number of amides is 1. The smallest absolute Gasteiger partial charge is 0.255 e. The normalized spacial score (nSPS) is 30.7. The van der Waals surface area contributed by atoms with Crippen molar-refractivity contribution in [3.8, 4) is 11.5 Å². The number of primary amides is 1. The molecule has 1 aromatic rings. The third kappa shape index (κ3) is 4.30. The van der Waals surface area contributed by atoms with Crippen LogP contribution in [0.4, 0.5) is 0 Å². The van der Waals surface area contributed by atoms with Gasteiger partial charge < -0.3 is 32.9 Å². The average molecular weight is 414 g/mol. The second kappa shape index (κ2) is 8.46. The predicted octanol–water partition coefficient (Wildman–Crippen LogP) is 0.131. The number of hydrogen-bond acceptors (Lipinski definition) is 4. The zero-order valence-corrected chi connectivity index (χ0v) is 17.1. The van der Waals surface area contributed by atoms with Gasteiger partial charge in [-0.05, 0) is 73.5 Å². The summed E-state index contributed by atoms with van der Waals surface area (Å²) in [6, 6.07) is 4.42. The molecular weight excluding hydrogens is 387 g/mol. The first-order chi connectivity index (χ1) is 12.5. The lowest BCUT2D eigenvalue weighted by molar-refractivity contribution is -0.119. The van der Waals surface area contributed by atoms with Gasteiger partial charge in [-0.2, -0.15) is 0 Å². The van der Waals surface area contributed by atoms with Gasteiger partial charge in [0.15, 0.2) is 18.1 Å². The predicted molar refractivity (Wildman–Crippen MR) is 100 cm³/mol. The van der Waals surface area contributed by atoms with Gasteiger partial charge in [0.05, 0.1) is 12.1 Å². The minimum atomic E-state index is -0.546. The highest BCUT2D eigenvalue weighted by atomic mass is 35.5. The lowest BCUT2D eigenvalue weighted by Crippen LogP contribution is -3.00. The Morgan fingerprint density at radius 3 is 2.37 bits per heavy atom. The molecule has 4 saturated carbocycles. The molecular formula is C20H27Cl2N2O3-. The maximum atomic E-state index is 11.0. The topological polar surface area (TPSA) is 73.6 Å². The van der Waals surface area contributed by atoms with Crippen molar-refractivity contribution in [2.75, 3.05) is 13.7 Å². The fraction of sp³-hybridized carbons (Fsp3) is 0.650. The van der Waals surface area contributed by atoms with E-state index in [0.717, 1.165) is 35.8 Å². The summed E-state index contributed by atoms with van der Waals surface area (Å²) in [4.78, 5) is 11.0. The summed E-state index contributed by atoms with van der Waals surface area (Å²) < 4.78 is 10.8. The molecule has 0 saturated heterocycles. The molecule has 150 valence electrons. The molecule has 1 aromatic carbocycles. The van der Waals surface area contributed by atoms with Crippen molar-refractivity contribution in [2.45, 2.75) is 44.7 Å². The molecule has 3 N–H and O–H groups in total. The Hall–Kier alpha value is -1.17.